The Bertz CT molecular complexity index is 495. The van der Waals surface area contributed by atoms with E-state index < -0.39 is 0 Å². The first-order valence-corrected chi connectivity index (χ1v) is 7.84. The summed E-state index contributed by atoms with van der Waals surface area (Å²) in [6.45, 7) is 8.13. The zero-order valence-corrected chi connectivity index (χ0v) is 13.0. The van der Waals surface area contributed by atoms with Crippen LogP contribution in [0, 0.1) is 0 Å². The molecular weight excluding hydrogens is 270 g/mol. The maximum Gasteiger partial charge on any atom is 0.269 e. The van der Waals surface area contributed by atoms with Crippen molar-refractivity contribution in [1.82, 2.24) is 9.78 Å². The molecule has 0 atom stereocenters. The van der Waals surface area contributed by atoms with Gasteiger partial charge in [0.15, 0.2) is 0 Å². The molecule has 1 aromatic heterocycles. The molecule has 0 spiro atoms. The summed E-state index contributed by atoms with van der Waals surface area (Å²) in [5.41, 5.74) is 0.730. The Kier molecular flexibility index (Phi) is 6.04. The molecule has 118 valence electrons. The number of anilines is 1. The fourth-order valence-corrected chi connectivity index (χ4v) is 2.41. The number of aromatic nitrogens is 2. The van der Waals surface area contributed by atoms with Crippen molar-refractivity contribution in [3.05, 3.63) is 16.4 Å². The van der Waals surface area contributed by atoms with Crippen molar-refractivity contribution in [3.63, 3.8) is 0 Å². The van der Waals surface area contributed by atoms with E-state index in [1.165, 1.54) is 4.68 Å². The van der Waals surface area contributed by atoms with Gasteiger partial charge in [-0.15, -0.1) is 5.10 Å². The van der Waals surface area contributed by atoms with Gasteiger partial charge in [0.05, 0.1) is 19.8 Å². The van der Waals surface area contributed by atoms with E-state index in [2.05, 4.69) is 16.9 Å². The van der Waals surface area contributed by atoms with Gasteiger partial charge in [-0.3, -0.25) is 4.79 Å². The lowest BCUT2D eigenvalue weighted by Crippen LogP contribution is -2.38. The molecule has 1 aromatic rings. The van der Waals surface area contributed by atoms with Crippen molar-refractivity contribution in [1.29, 1.82) is 0 Å². The van der Waals surface area contributed by atoms with Crippen molar-refractivity contribution < 1.29 is 9.47 Å². The number of unbranched alkanes of at least 4 members (excludes halogenated alkanes) is 2. The second kappa shape index (κ2) is 8.02. The van der Waals surface area contributed by atoms with Gasteiger partial charge in [0.25, 0.3) is 11.4 Å². The van der Waals surface area contributed by atoms with Crippen molar-refractivity contribution in [2.24, 2.45) is 0 Å². The summed E-state index contributed by atoms with van der Waals surface area (Å²) in [6, 6.07) is 1.65. The van der Waals surface area contributed by atoms with E-state index >= 15 is 0 Å². The van der Waals surface area contributed by atoms with Crippen molar-refractivity contribution >= 4 is 5.69 Å². The van der Waals surface area contributed by atoms with Gasteiger partial charge in [-0.25, -0.2) is 4.68 Å². The third-order valence-corrected chi connectivity index (χ3v) is 3.55. The summed E-state index contributed by atoms with van der Waals surface area (Å²) in [7, 11) is 0. The third kappa shape index (κ3) is 4.20. The summed E-state index contributed by atoms with van der Waals surface area (Å²) in [5.74, 6) is 0.551. The average Bonchev–Trinajstić information content (AvgIpc) is 2.51. The molecular formula is C15H25N3O3. The molecule has 1 fully saturated rings. The standard InChI is InChI=1S/C15H25N3O3/c1-3-5-6-7-18-14(19)12-13(15(16-18)21-4-2)17-8-10-20-11-9-17/h12H,3-11H2,1-2H3. The summed E-state index contributed by atoms with van der Waals surface area (Å²) >= 11 is 0. The molecule has 0 unspecified atom stereocenters. The Morgan fingerprint density at radius 2 is 2.05 bits per heavy atom. The van der Waals surface area contributed by atoms with Crippen LogP contribution in [-0.2, 0) is 11.3 Å². The second-order valence-corrected chi connectivity index (χ2v) is 5.14. The van der Waals surface area contributed by atoms with Gasteiger partial charge in [0.1, 0.15) is 5.69 Å². The third-order valence-electron chi connectivity index (χ3n) is 3.55. The number of morpholine rings is 1. The average molecular weight is 295 g/mol. The summed E-state index contributed by atoms with van der Waals surface area (Å²) < 4.78 is 12.5. The molecule has 0 aromatic carbocycles. The Balaban J connectivity index is 2.22. The maximum atomic E-state index is 12.2. The van der Waals surface area contributed by atoms with E-state index in [-0.39, 0.29) is 5.56 Å². The normalized spacial score (nSPS) is 15.2. The highest BCUT2D eigenvalue weighted by molar-refractivity contribution is 5.54. The van der Waals surface area contributed by atoms with Gasteiger partial charge >= 0.3 is 0 Å². The molecule has 0 radical (unpaired) electrons. The monoisotopic (exact) mass is 295 g/mol. The molecule has 1 saturated heterocycles. The van der Waals surface area contributed by atoms with Crippen LogP contribution in [0.5, 0.6) is 5.88 Å². The lowest BCUT2D eigenvalue weighted by Gasteiger charge is -2.29. The first kappa shape index (κ1) is 15.8. The molecule has 6 heteroatoms. The number of hydrogen-bond donors (Lipinski definition) is 0. The predicted molar refractivity (Wildman–Crippen MR) is 82.2 cm³/mol. The molecule has 6 nitrogen and oxygen atoms in total. The minimum atomic E-state index is -0.0592. The zero-order valence-electron chi connectivity index (χ0n) is 13.0. The minimum Gasteiger partial charge on any atom is -0.475 e. The van der Waals surface area contributed by atoms with Crippen LogP contribution in [-0.4, -0.2) is 42.7 Å². The molecule has 2 heterocycles. The maximum absolute atomic E-state index is 12.2. The topological polar surface area (TPSA) is 56.6 Å². The van der Waals surface area contributed by atoms with E-state index in [1.54, 1.807) is 6.07 Å². The van der Waals surface area contributed by atoms with Crippen LogP contribution in [0.4, 0.5) is 5.69 Å². The smallest absolute Gasteiger partial charge is 0.269 e. The molecule has 0 N–H and O–H groups in total. The van der Waals surface area contributed by atoms with Gasteiger partial charge < -0.3 is 14.4 Å². The van der Waals surface area contributed by atoms with E-state index in [1.807, 2.05) is 6.92 Å². The van der Waals surface area contributed by atoms with Gasteiger partial charge in [-0.2, -0.15) is 0 Å². The van der Waals surface area contributed by atoms with Crippen molar-refractivity contribution in [2.75, 3.05) is 37.8 Å². The van der Waals surface area contributed by atoms with Gasteiger partial charge in [-0.1, -0.05) is 19.8 Å². The van der Waals surface area contributed by atoms with Crippen LogP contribution in [0.3, 0.4) is 0 Å². The Labute approximate surface area is 125 Å². The van der Waals surface area contributed by atoms with Crippen LogP contribution >= 0.6 is 0 Å². The fourth-order valence-electron chi connectivity index (χ4n) is 2.41. The number of ether oxygens (including phenoxy) is 2. The van der Waals surface area contributed by atoms with Gasteiger partial charge in [0.2, 0.25) is 0 Å². The van der Waals surface area contributed by atoms with E-state index in [4.69, 9.17) is 9.47 Å². The second-order valence-electron chi connectivity index (χ2n) is 5.14. The Morgan fingerprint density at radius 3 is 2.71 bits per heavy atom. The Hall–Kier alpha value is -1.56. The zero-order chi connectivity index (χ0) is 15.1. The predicted octanol–water partition coefficient (Wildman–Crippen LogP) is 1.67. The molecule has 1 aliphatic heterocycles. The first-order chi connectivity index (χ1) is 10.3. The lowest BCUT2D eigenvalue weighted by molar-refractivity contribution is 0.122. The molecule has 0 amide bonds. The van der Waals surface area contributed by atoms with E-state index in [9.17, 15) is 4.79 Å². The largest absolute Gasteiger partial charge is 0.475 e. The van der Waals surface area contributed by atoms with E-state index in [0.717, 1.165) is 38.0 Å². The summed E-state index contributed by atoms with van der Waals surface area (Å²) in [4.78, 5) is 14.3. The minimum absolute atomic E-state index is 0.0592. The number of aryl methyl sites for hydroxylation is 1. The lowest BCUT2D eigenvalue weighted by atomic mass is 10.2. The van der Waals surface area contributed by atoms with Crippen molar-refractivity contribution in [2.45, 2.75) is 39.7 Å². The van der Waals surface area contributed by atoms with Crippen LogP contribution in [0.1, 0.15) is 33.1 Å². The van der Waals surface area contributed by atoms with Gasteiger partial charge in [0, 0.05) is 25.7 Å². The number of nitrogens with zero attached hydrogens (tertiary/aromatic N) is 3. The Morgan fingerprint density at radius 1 is 1.29 bits per heavy atom. The number of hydrogen-bond acceptors (Lipinski definition) is 5. The first-order valence-electron chi connectivity index (χ1n) is 7.84. The van der Waals surface area contributed by atoms with Crippen LogP contribution in [0.2, 0.25) is 0 Å². The molecule has 21 heavy (non-hydrogen) atoms. The molecule has 2 rings (SSSR count). The van der Waals surface area contributed by atoms with Crippen LogP contribution < -0.4 is 15.2 Å². The molecule has 0 aliphatic carbocycles. The van der Waals surface area contributed by atoms with Gasteiger partial charge in [-0.05, 0) is 13.3 Å². The van der Waals surface area contributed by atoms with Crippen LogP contribution in [0.25, 0.3) is 0 Å². The summed E-state index contributed by atoms with van der Waals surface area (Å²) in [6.07, 6.45) is 3.19. The highest BCUT2D eigenvalue weighted by Crippen LogP contribution is 2.24. The molecule has 1 aliphatic rings. The fraction of sp³-hybridized carbons (Fsp3) is 0.733. The van der Waals surface area contributed by atoms with E-state index in [0.29, 0.717) is 32.2 Å². The number of rotatable bonds is 7. The molecule has 0 saturated carbocycles. The quantitative estimate of drug-likeness (QED) is 0.716. The highest BCUT2D eigenvalue weighted by Gasteiger charge is 2.18. The summed E-state index contributed by atoms with van der Waals surface area (Å²) in [5, 5.41) is 4.41. The van der Waals surface area contributed by atoms with Crippen molar-refractivity contribution in [3.8, 4) is 5.88 Å². The van der Waals surface area contributed by atoms with Crippen LogP contribution in [0.15, 0.2) is 10.9 Å². The SMILES string of the molecule is CCCCCn1nc(OCC)c(N2CCOCC2)cc1=O. The molecule has 0 bridgehead atoms. The highest BCUT2D eigenvalue weighted by atomic mass is 16.5.